The first-order valence-corrected chi connectivity index (χ1v) is 10.8. The number of carbonyl (C=O) groups excluding carboxylic acids is 4. The van der Waals surface area contributed by atoms with Crippen molar-refractivity contribution in [1.29, 1.82) is 0 Å². The van der Waals surface area contributed by atoms with Crippen LogP contribution < -0.4 is 4.74 Å². The van der Waals surface area contributed by atoms with E-state index in [1.807, 2.05) is 0 Å². The van der Waals surface area contributed by atoms with Crippen LogP contribution in [0, 0.1) is 11.6 Å². The first-order chi connectivity index (χ1) is 17.6. The van der Waals surface area contributed by atoms with Crippen LogP contribution in [0.5, 0.6) is 23.0 Å². The predicted molar refractivity (Wildman–Crippen MR) is 114 cm³/mol. The van der Waals surface area contributed by atoms with Crippen molar-refractivity contribution < 1.29 is 52.5 Å². The second-order valence-corrected chi connectivity index (χ2v) is 8.46. The van der Waals surface area contributed by atoms with E-state index in [0.717, 1.165) is 24.3 Å². The quantitative estimate of drug-likeness (QED) is 0.394. The van der Waals surface area contributed by atoms with Crippen molar-refractivity contribution in [3.05, 3.63) is 81.9 Å². The van der Waals surface area contributed by atoms with Gasteiger partial charge in [-0.25, -0.2) is 18.4 Å². The minimum absolute atomic E-state index is 0.0352. The average Bonchev–Trinajstić information content (AvgIpc) is 3.34. The zero-order chi connectivity index (χ0) is 26.2. The lowest BCUT2D eigenvalue weighted by Crippen LogP contribution is -2.33. The van der Waals surface area contributed by atoms with Crippen LogP contribution >= 0.6 is 0 Å². The van der Waals surface area contributed by atoms with Gasteiger partial charge in [0, 0.05) is 30.5 Å². The van der Waals surface area contributed by atoms with Gasteiger partial charge in [-0.05, 0) is 18.2 Å². The van der Waals surface area contributed by atoms with E-state index in [1.54, 1.807) is 0 Å². The van der Waals surface area contributed by atoms with E-state index >= 15 is 0 Å². The number of aromatic hydroxyl groups is 2. The number of halogens is 2. The fourth-order valence-corrected chi connectivity index (χ4v) is 4.74. The highest BCUT2D eigenvalue weighted by Crippen LogP contribution is 2.58. The fraction of sp³-hybridized carbons (Fsp3) is 0.120. The van der Waals surface area contributed by atoms with Crippen LogP contribution in [0.15, 0.2) is 42.5 Å². The number of phenols is 2. The van der Waals surface area contributed by atoms with Gasteiger partial charge in [0.1, 0.15) is 11.5 Å². The minimum atomic E-state index is -2.06. The van der Waals surface area contributed by atoms with Crippen molar-refractivity contribution in [3.8, 4) is 23.0 Å². The summed E-state index contributed by atoms with van der Waals surface area (Å²) in [5, 5.41) is 20.1. The molecule has 0 aliphatic carbocycles. The Kier molecular flexibility index (Phi) is 4.55. The Morgan fingerprint density at radius 3 is 2.03 bits per heavy atom. The highest BCUT2D eigenvalue weighted by molar-refractivity contribution is 6.08. The lowest BCUT2D eigenvalue weighted by Gasteiger charge is -2.36. The van der Waals surface area contributed by atoms with Gasteiger partial charge in [-0.3, -0.25) is 9.59 Å². The van der Waals surface area contributed by atoms with Crippen LogP contribution in [0.3, 0.4) is 0 Å². The Bertz CT molecular complexity index is 1530. The summed E-state index contributed by atoms with van der Waals surface area (Å²) in [5.74, 6) is -7.87. The second kappa shape index (κ2) is 7.50. The normalized spacial score (nSPS) is 16.7. The van der Waals surface area contributed by atoms with Gasteiger partial charge in [0.25, 0.3) is 11.8 Å². The number of hydrogen-bond donors (Lipinski definition) is 2. The van der Waals surface area contributed by atoms with Crippen molar-refractivity contribution in [3.63, 3.8) is 0 Å². The van der Waals surface area contributed by atoms with Crippen LogP contribution in [0.1, 0.15) is 50.2 Å². The number of esters is 1. The van der Waals surface area contributed by atoms with Crippen molar-refractivity contribution >= 4 is 23.8 Å². The molecule has 3 aromatic rings. The molecule has 0 aromatic heterocycles. The van der Waals surface area contributed by atoms with Gasteiger partial charge in [-0.2, -0.15) is 0 Å². The Hall–Kier alpha value is -5.00. The molecule has 1 saturated heterocycles. The van der Waals surface area contributed by atoms with E-state index in [9.17, 15) is 38.2 Å². The maximum absolute atomic E-state index is 14.5. The molecule has 12 heteroatoms. The summed E-state index contributed by atoms with van der Waals surface area (Å²) in [7, 11) is 0. The van der Waals surface area contributed by atoms with Crippen LogP contribution in [-0.2, 0) is 24.8 Å². The molecule has 0 radical (unpaired) electrons. The standard InChI is InChI=1S/C25H13F2NO9/c26-14-6-12-18(8-16(14)29)35-19-9-17(30)15(27)7-13(19)25(12)11-3-1-2-10(22(11)24(34)36-25)23(33)37-28-20(31)4-5-21(28)32/h1-3,6-9,29-30H,4-5H2. The molecular weight excluding hydrogens is 496 g/mol. The molecule has 3 aliphatic heterocycles. The molecule has 0 unspecified atom stereocenters. The van der Waals surface area contributed by atoms with Gasteiger partial charge in [0.15, 0.2) is 28.7 Å². The van der Waals surface area contributed by atoms with Gasteiger partial charge < -0.3 is 24.5 Å². The summed E-state index contributed by atoms with van der Waals surface area (Å²) in [6.07, 6.45) is -0.289. The highest BCUT2D eigenvalue weighted by Gasteiger charge is 2.55. The third-order valence-electron chi connectivity index (χ3n) is 6.37. The Morgan fingerprint density at radius 2 is 1.46 bits per heavy atom. The van der Waals surface area contributed by atoms with Gasteiger partial charge >= 0.3 is 11.9 Å². The molecule has 1 fully saturated rings. The number of ether oxygens (including phenoxy) is 2. The molecule has 3 heterocycles. The van der Waals surface area contributed by atoms with Crippen molar-refractivity contribution in [1.82, 2.24) is 5.06 Å². The zero-order valence-corrected chi connectivity index (χ0v) is 18.4. The largest absolute Gasteiger partial charge is 0.505 e. The number of nitrogens with zero attached hydrogens (tertiary/aromatic N) is 1. The Morgan fingerprint density at radius 1 is 0.892 bits per heavy atom. The van der Waals surface area contributed by atoms with Crippen LogP contribution in [0.25, 0.3) is 0 Å². The second-order valence-electron chi connectivity index (χ2n) is 8.46. The number of carbonyl (C=O) groups is 4. The Balaban J connectivity index is 1.58. The van der Waals surface area contributed by atoms with Gasteiger partial charge in [0.05, 0.1) is 22.3 Å². The predicted octanol–water partition coefficient (Wildman–Crippen LogP) is 3.16. The third-order valence-corrected chi connectivity index (χ3v) is 6.37. The summed E-state index contributed by atoms with van der Waals surface area (Å²) < 4.78 is 40.5. The number of hydroxylamine groups is 2. The van der Waals surface area contributed by atoms with E-state index in [1.165, 1.54) is 18.2 Å². The topological polar surface area (TPSA) is 140 Å². The van der Waals surface area contributed by atoms with Crippen LogP contribution in [-0.4, -0.2) is 39.0 Å². The number of amides is 2. The summed E-state index contributed by atoms with van der Waals surface area (Å²) in [6, 6.07) is 7.43. The Labute approximate surface area is 205 Å². The number of imide groups is 1. The lowest BCUT2D eigenvalue weighted by atomic mass is 9.77. The molecule has 1 spiro atoms. The highest BCUT2D eigenvalue weighted by atomic mass is 19.1. The van der Waals surface area contributed by atoms with Gasteiger partial charge in [-0.15, -0.1) is 5.06 Å². The number of hydrogen-bond acceptors (Lipinski definition) is 9. The number of fused-ring (bicyclic) bond motifs is 6. The molecule has 0 saturated carbocycles. The molecule has 2 amide bonds. The summed E-state index contributed by atoms with van der Waals surface area (Å²) in [4.78, 5) is 55.0. The van der Waals surface area contributed by atoms with Crippen LogP contribution in [0.2, 0.25) is 0 Å². The van der Waals surface area contributed by atoms with E-state index in [2.05, 4.69) is 0 Å². The van der Waals surface area contributed by atoms with Crippen molar-refractivity contribution in [2.45, 2.75) is 18.4 Å². The molecule has 6 rings (SSSR count). The summed E-state index contributed by atoms with van der Waals surface area (Å²) in [6.45, 7) is 0. The zero-order valence-electron chi connectivity index (χ0n) is 18.4. The summed E-state index contributed by atoms with van der Waals surface area (Å²) in [5.41, 5.74) is -3.08. The molecule has 0 atom stereocenters. The van der Waals surface area contributed by atoms with E-state index < -0.39 is 52.5 Å². The molecule has 3 aliphatic rings. The van der Waals surface area contributed by atoms with Crippen molar-refractivity contribution in [2.24, 2.45) is 0 Å². The molecule has 37 heavy (non-hydrogen) atoms. The fourth-order valence-electron chi connectivity index (χ4n) is 4.74. The molecule has 2 N–H and O–H groups in total. The number of rotatable bonds is 2. The van der Waals surface area contributed by atoms with Gasteiger partial charge in [0.2, 0.25) is 0 Å². The van der Waals surface area contributed by atoms with E-state index in [4.69, 9.17) is 14.3 Å². The monoisotopic (exact) mass is 509 g/mol. The van der Waals surface area contributed by atoms with Crippen LogP contribution in [0.4, 0.5) is 8.78 Å². The van der Waals surface area contributed by atoms with E-state index in [-0.39, 0.29) is 52.2 Å². The minimum Gasteiger partial charge on any atom is -0.505 e. The first kappa shape index (κ1) is 22.5. The summed E-state index contributed by atoms with van der Waals surface area (Å²) >= 11 is 0. The maximum Gasteiger partial charge on any atom is 0.364 e. The van der Waals surface area contributed by atoms with E-state index in [0.29, 0.717) is 5.06 Å². The number of phenolic OH excluding ortho intramolecular Hbond substituents is 2. The molecule has 10 nitrogen and oxygen atoms in total. The maximum atomic E-state index is 14.5. The van der Waals surface area contributed by atoms with Gasteiger partial charge in [-0.1, -0.05) is 12.1 Å². The average molecular weight is 509 g/mol. The molecule has 186 valence electrons. The molecule has 0 bridgehead atoms. The lowest BCUT2D eigenvalue weighted by molar-refractivity contribution is -0.172. The smallest absolute Gasteiger partial charge is 0.364 e. The SMILES string of the molecule is O=C(ON1C(=O)CCC1=O)c1cccc2c1C(=O)OC21c2cc(F)c(O)cc2Oc2cc(O)c(F)cc21. The molecule has 3 aromatic carbocycles. The first-order valence-electron chi connectivity index (χ1n) is 10.8. The third kappa shape index (κ3) is 3.01. The van der Waals surface area contributed by atoms with Crippen molar-refractivity contribution in [2.75, 3.05) is 0 Å². The molecular formula is C25H13F2NO9. The number of benzene rings is 3.